The van der Waals surface area contributed by atoms with Crippen LogP contribution in [0.3, 0.4) is 0 Å². The molecule has 0 aliphatic rings. The van der Waals surface area contributed by atoms with Crippen LogP contribution in [0.5, 0.6) is 0 Å². The van der Waals surface area contributed by atoms with Gasteiger partial charge in [-0.25, -0.2) is 4.39 Å². The van der Waals surface area contributed by atoms with E-state index in [2.05, 4.69) is 5.32 Å². The number of halogens is 3. The van der Waals surface area contributed by atoms with Crippen molar-refractivity contribution in [3.05, 3.63) is 57.8 Å². The molecule has 0 bridgehead atoms. The van der Waals surface area contributed by atoms with Crippen molar-refractivity contribution in [2.24, 2.45) is 0 Å². The number of hydrogen-bond donors (Lipinski definition) is 1. The van der Waals surface area contributed by atoms with Crippen LogP contribution in [0.25, 0.3) is 0 Å². The smallest absolute Gasteiger partial charge is 0.129 e. The Bertz CT molecular complexity index is 595. The first-order valence-corrected chi connectivity index (χ1v) is 6.88. The summed E-state index contributed by atoms with van der Waals surface area (Å²) < 4.78 is 13.7. The second kappa shape index (κ2) is 6.33. The molecule has 0 unspecified atom stereocenters. The summed E-state index contributed by atoms with van der Waals surface area (Å²) in [7, 11) is 3.87. The zero-order valence-electron chi connectivity index (χ0n) is 11.3. The summed E-state index contributed by atoms with van der Waals surface area (Å²) in [5.41, 5.74) is 2.25. The Kier molecular flexibility index (Phi) is 4.73. The Hall–Kier alpha value is -1.45. The van der Waals surface area contributed by atoms with Crippen LogP contribution in [0.4, 0.5) is 15.8 Å². The molecule has 0 aromatic heterocycles. The first-order chi connectivity index (χ1) is 9.49. The fraction of sp³-hybridized carbons (Fsp3) is 0.200. The third kappa shape index (κ3) is 3.35. The minimum atomic E-state index is -0.321. The molecular formula is C15H15Cl2FN2. The highest BCUT2D eigenvalue weighted by Crippen LogP contribution is 2.29. The van der Waals surface area contributed by atoms with Gasteiger partial charge in [0.25, 0.3) is 0 Å². The molecular weight excluding hydrogens is 298 g/mol. The van der Waals surface area contributed by atoms with Crippen molar-refractivity contribution in [3.63, 3.8) is 0 Å². The van der Waals surface area contributed by atoms with Gasteiger partial charge in [0.1, 0.15) is 5.82 Å². The van der Waals surface area contributed by atoms with E-state index >= 15 is 0 Å². The molecule has 2 aromatic rings. The lowest BCUT2D eigenvalue weighted by atomic mass is 10.2. The van der Waals surface area contributed by atoms with Crippen molar-refractivity contribution in [1.29, 1.82) is 0 Å². The van der Waals surface area contributed by atoms with E-state index in [1.165, 1.54) is 6.07 Å². The summed E-state index contributed by atoms with van der Waals surface area (Å²) in [6.07, 6.45) is 0. The fourth-order valence-corrected chi connectivity index (χ4v) is 2.33. The van der Waals surface area contributed by atoms with E-state index in [0.29, 0.717) is 22.2 Å². The number of nitrogens with one attached hydrogen (secondary N) is 1. The molecule has 2 aromatic carbocycles. The number of rotatable bonds is 4. The van der Waals surface area contributed by atoms with Crippen LogP contribution in [0.15, 0.2) is 36.4 Å². The predicted octanol–water partition coefficient (Wildman–Crippen LogP) is 4.81. The van der Waals surface area contributed by atoms with E-state index in [9.17, 15) is 4.39 Å². The van der Waals surface area contributed by atoms with Crippen LogP contribution in [-0.2, 0) is 6.54 Å². The summed E-state index contributed by atoms with van der Waals surface area (Å²) in [5, 5.41) is 4.21. The third-order valence-electron chi connectivity index (χ3n) is 2.96. The maximum absolute atomic E-state index is 13.7. The lowest BCUT2D eigenvalue weighted by Gasteiger charge is -2.19. The third-order valence-corrected chi connectivity index (χ3v) is 3.55. The molecule has 0 spiro atoms. The van der Waals surface area contributed by atoms with Crippen molar-refractivity contribution < 1.29 is 4.39 Å². The van der Waals surface area contributed by atoms with Crippen molar-refractivity contribution in [2.75, 3.05) is 24.3 Å². The molecule has 2 rings (SSSR count). The van der Waals surface area contributed by atoms with Gasteiger partial charge in [0.2, 0.25) is 0 Å². The topological polar surface area (TPSA) is 15.3 Å². The molecule has 0 atom stereocenters. The van der Waals surface area contributed by atoms with Gasteiger partial charge in [-0.2, -0.15) is 0 Å². The molecule has 0 fully saturated rings. The van der Waals surface area contributed by atoms with E-state index in [0.717, 1.165) is 11.4 Å². The van der Waals surface area contributed by atoms with Crippen LogP contribution >= 0.6 is 23.2 Å². The zero-order valence-corrected chi connectivity index (χ0v) is 12.8. The summed E-state index contributed by atoms with van der Waals surface area (Å²) >= 11 is 12.0. The summed E-state index contributed by atoms with van der Waals surface area (Å²) in [6, 6.07) is 10.2. The highest BCUT2D eigenvalue weighted by molar-refractivity contribution is 6.31. The van der Waals surface area contributed by atoms with Crippen molar-refractivity contribution in [2.45, 2.75) is 6.54 Å². The van der Waals surface area contributed by atoms with Crippen molar-refractivity contribution in [1.82, 2.24) is 0 Å². The van der Waals surface area contributed by atoms with Crippen LogP contribution in [0.2, 0.25) is 10.0 Å². The molecule has 0 saturated heterocycles. The molecule has 1 N–H and O–H groups in total. The van der Waals surface area contributed by atoms with E-state index in [1.54, 1.807) is 12.1 Å². The van der Waals surface area contributed by atoms with E-state index < -0.39 is 0 Å². The van der Waals surface area contributed by atoms with Gasteiger partial charge < -0.3 is 10.2 Å². The van der Waals surface area contributed by atoms with Gasteiger partial charge in [-0.05, 0) is 30.3 Å². The normalized spacial score (nSPS) is 10.4. The van der Waals surface area contributed by atoms with E-state index in [-0.39, 0.29) is 5.82 Å². The highest BCUT2D eigenvalue weighted by atomic mass is 35.5. The molecule has 20 heavy (non-hydrogen) atoms. The Labute approximate surface area is 128 Å². The quantitative estimate of drug-likeness (QED) is 0.871. The van der Waals surface area contributed by atoms with Gasteiger partial charge >= 0.3 is 0 Å². The van der Waals surface area contributed by atoms with Gasteiger partial charge in [-0.1, -0.05) is 29.3 Å². The maximum atomic E-state index is 13.7. The molecule has 0 saturated carbocycles. The average Bonchev–Trinajstić information content (AvgIpc) is 2.37. The lowest BCUT2D eigenvalue weighted by molar-refractivity contribution is 0.613. The molecule has 5 heteroatoms. The SMILES string of the molecule is CN(C)c1ccc(Cl)cc1NCc1c(F)cccc1Cl. The molecule has 0 radical (unpaired) electrons. The van der Waals surface area contributed by atoms with Crippen molar-refractivity contribution >= 4 is 34.6 Å². The van der Waals surface area contributed by atoms with Crippen molar-refractivity contribution in [3.8, 4) is 0 Å². The number of anilines is 2. The molecule has 106 valence electrons. The molecule has 2 nitrogen and oxygen atoms in total. The van der Waals surface area contributed by atoms with Gasteiger partial charge in [-0.3, -0.25) is 0 Å². The molecule has 0 aliphatic carbocycles. The zero-order chi connectivity index (χ0) is 14.7. The first kappa shape index (κ1) is 14.9. The van der Waals surface area contributed by atoms with Gasteiger partial charge in [0.05, 0.1) is 11.4 Å². The molecule has 0 aliphatic heterocycles. The molecule has 0 amide bonds. The predicted molar refractivity (Wildman–Crippen MR) is 84.5 cm³/mol. The van der Waals surface area contributed by atoms with Crippen LogP contribution < -0.4 is 10.2 Å². The monoisotopic (exact) mass is 312 g/mol. The number of nitrogens with zero attached hydrogens (tertiary/aromatic N) is 1. The minimum Gasteiger partial charge on any atom is -0.379 e. The second-order valence-corrected chi connectivity index (χ2v) is 5.45. The Balaban J connectivity index is 2.25. The van der Waals surface area contributed by atoms with Gasteiger partial charge in [-0.15, -0.1) is 0 Å². The summed E-state index contributed by atoms with van der Waals surface area (Å²) in [5.74, 6) is -0.321. The Morgan fingerprint density at radius 1 is 1.15 bits per heavy atom. The Morgan fingerprint density at radius 3 is 2.55 bits per heavy atom. The van der Waals surface area contributed by atoms with E-state index in [1.807, 2.05) is 37.2 Å². The Morgan fingerprint density at radius 2 is 1.90 bits per heavy atom. The first-order valence-electron chi connectivity index (χ1n) is 6.12. The van der Waals surface area contributed by atoms with Crippen LogP contribution in [-0.4, -0.2) is 14.1 Å². The second-order valence-electron chi connectivity index (χ2n) is 4.61. The van der Waals surface area contributed by atoms with Crippen LogP contribution in [0, 0.1) is 5.82 Å². The number of hydrogen-bond acceptors (Lipinski definition) is 2. The van der Waals surface area contributed by atoms with E-state index in [4.69, 9.17) is 23.2 Å². The van der Waals surface area contributed by atoms with Gasteiger partial charge in [0, 0.05) is 36.2 Å². The summed E-state index contributed by atoms with van der Waals surface area (Å²) in [6.45, 7) is 0.298. The maximum Gasteiger partial charge on any atom is 0.129 e. The standard InChI is InChI=1S/C15H15Cl2FN2/c1-20(2)15-7-6-10(16)8-14(15)19-9-11-12(17)4-3-5-13(11)18/h3-8,19H,9H2,1-2H3. The largest absolute Gasteiger partial charge is 0.379 e. The lowest BCUT2D eigenvalue weighted by Crippen LogP contribution is -2.12. The number of benzene rings is 2. The summed E-state index contributed by atoms with van der Waals surface area (Å²) in [4.78, 5) is 1.96. The average molecular weight is 313 g/mol. The van der Waals surface area contributed by atoms with Gasteiger partial charge in [0.15, 0.2) is 0 Å². The highest BCUT2D eigenvalue weighted by Gasteiger charge is 2.09. The minimum absolute atomic E-state index is 0.298. The fourth-order valence-electron chi connectivity index (χ4n) is 1.92. The molecule has 0 heterocycles. The van der Waals surface area contributed by atoms with Crippen LogP contribution in [0.1, 0.15) is 5.56 Å².